The first-order chi connectivity index (χ1) is 10.0. The zero-order chi connectivity index (χ0) is 15.3. The van der Waals surface area contributed by atoms with E-state index in [1.807, 2.05) is 0 Å². The molecule has 116 valence electrons. The van der Waals surface area contributed by atoms with Gasteiger partial charge in [0, 0.05) is 12.5 Å². The van der Waals surface area contributed by atoms with Gasteiger partial charge in [0.1, 0.15) is 0 Å². The van der Waals surface area contributed by atoms with Crippen molar-refractivity contribution in [3.63, 3.8) is 0 Å². The van der Waals surface area contributed by atoms with Crippen LogP contribution in [0.4, 0.5) is 0 Å². The fraction of sp³-hybridized carbons (Fsp3) is 0.611. The number of carbonyl (C=O) groups is 1. The van der Waals surface area contributed by atoms with Crippen molar-refractivity contribution in [1.29, 1.82) is 0 Å². The van der Waals surface area contributed by atoms with E-state index in [0.717, 1.165) is 45.2 Å². The number of nitrogens with one attached hydrogen (secondary N) is 1. The normalized spacial score (nSPS) is 18.1. The van der Waals surface area contributed by atoms with Crippen molar-refractivity contribution in [1.82, 2.24) is 5.32 Å². The van der Waals surface area contributed by atoms with Crippen LogP contribution < -0.4 is 11.1 Å². The van der Waals surface area contributed by atoms with Gasteiger partial charge in [-0.3, -0.25) is 4.79 Å². The number of fused-ring (bicyclic) bond motifs is 1. The highest BCUT2D eigenvalue weighted by molar-refractivity contribution is 5.79. The van der Waals surface area contributed by atoms with Gasteiger partial charge in [-0.05, 0) is 55.2 Å². The fourth-order valence-corrected chi connectivity index (χ4v) is 3.06. The molecular formula is C18H28N2O. The van der Waals surface area contributed by atoms with Crippen molar-refractivity contribution in [2.45, 2.75) is 46.0 Å². The summed E-state index contributed by atoms with van der Waals surface area (Å²) in [6, 6.07) is 8.48. The first kappa shape index (κ1) is 16.0. The first-order valence-corrected chi connectivity index (χ1v) is 8.06. The minimum atomic E-state index is 0.127. The van der Waals surface area contributed by atoms with Gasteiger partial charge >= 0.3 is 0 Å². The van der Waals surface area contributed by atoms with E-state index < -0.39 is 0 Å². The summed E-state index contributed by atoms with van der Waals surface area (Å²) in [7, 11) is 0. The van der Waals surface area contributed by atoms with Gasteiger partial charge in [-0.2, -0.15) is 0 Å². The summed E-state index contributed by atoms with van der Waals surface area (Å²) < 4.78 is 0. The van der Waals surface area contributed by atoms with Gasteiger partial charge in [0.15, 0.2) is 0 Å². The van der Waals surface area contributed by atoms with Crippen molar-refractivity contribution in [2.75, 3.05) is 13.1 Å². The highest BCUT2D eigenvalue weighted by Gasteiger charge is 2.26. The summed E-state index contributed by atoms with van der Waals surface area (Å²) in [5.41, 5.74) is 8.44. The summed E-state index contributed by atoms with van der Waals surface area (Å²) in [6.07, 6.45) is 4.93. The Bertz CT molecular complexity index is 482. The Morgan fingerprint density at radius 1 is 1.33 bits per heavy atom. The topological polar surface area (TPSA) is 55.1 Å². The number of hydrogen-bond donors (Lipinski definition) is 2. The van der Waals surface area contributed by atoms with E-state index in [0.29, 0.717) is 0 Å². The van der Waals surface area contributed by atoms with Crippen LogP contribution in [-0.4, -0.2) is 19.0 Å². The molecule has 0 aromatic heterocycles. The average Bonchev–Trinajstić information content (AvgIpc) is 2.50. The summed E-state index contributed by atoms with van der Waals surface area (Å²) in [5, 5.41) is 3.15. The number of carbonyl (C=O) groups excluding carboxylic acids is 1. The van der Waals surface area contributed by atoms with E-state index in [1.54, 1.807) is 0 Å². The molecule has 0 spiro atoms. The molecule has 0 fully saturated rings. The average molecular weight is 288 g/mol. The third-order valence-electron chi connectivity index (χ3n) is 4.52. The van der Waals surface area contributed by atoms with E-state index >= 15 is 0 Å². The van der Waals surface area contributed by atoms with E-state index in [9.17, 15) is 4.79 Å². The second kappa shape index (κ2) is 7.08. The monoisotopic (exact) mass is 288 g/mol. The number of aryl methyl sites for hydroxylation is 1. The Hall–Kier alpha value is -1.35. The van der Waals surface area contributed by atoms with Crippen molar-refractivity contribution in [2.24, 2.45) is 17.1 Å². The van der Waals surface area contributed by atoms with E-state index in [1.165, 1.54) is 11.1 Å². The van der Waals surface area contributed by atoms with Crippen LogP contribution in [-0.2, 0) is 17.6 Å². The summed E-state index contributed by atoms with van der Waals surface area (Å²) in [4.78, 5) is 12.4. The van der Waals surface area contributed by atoms with Crippen LogP contribution >= 0.6 is 0 Å². The summed E-state index contributed by atoms with van der Waals surface area (Å²) in [6.45, 7) is 5.85. The molecule has 1 unspecified atom stereocenters. The van der Waals surface area contributed by atoms with Crippen molar-refractivity contribution in [3.05, 3.63) is 35.4 Å². The second-order valence-electron chi connectivity index (χ2n) is 6.98. The van der Waals surface area contributed by atoms with Crippen LogP contribution in [0.1, 0.15) is 44.2 Å². The molecule has 1 aromatic carbocycles. The zero-order valence-electron chi connectivity index (χ0n) is 13.3. The molecule has 1 amide bonds. The van der Waals surface area contributed by atoms with Crippen LogP contribution in [0.15, 0.2) is 24.3 Å². The lowest BCUT2D eigenvalue weighted by Crippen LogP contribution is -2.39. The molecule has 0 radical (unpaired) electrons. The van der Waals surface area contributed by atoms with Gasteiger partial charge in [0.05, 0.1) is 0 Å². The highest BCUT2D eigenvalue weighted by atomic mass is 16.1. The van der Waals surface area contributed by atoms with Crippen LogP contribution in [0.2, 0.25) is 0 Å². The van der Waals surface area contributed by atoms with Crippen molar-refractivity contribution < 1.29 is 4.79 Å². The minimum Gasteiger partial charge on any atom is -0.355 e. The molecule has 0 saturated heterocycles. The van der Waals surface area contributed by atoms with Gasteiger partial charge in [-0.1, -0.05) is 38.1 Å². The first-order valence-electron chi connectivity index (χ1n) is 8.06. The molecule has 0 saturated carbocycles. The van der Waals surface area contributed by atoms with E-state index in [-0.39, 0.29) is 17.2 Å². The maximum Gasteiger partial charge on any atom is 0.223 e. The zero-order valence-corrected chi connectivity index (χ0v) is 13.3. The molecule has 1 aromatic rings. The Labute approximate surface area is 128 Å². The standard InChI is InChI=1S/C18H28N2O/c1-18(2,10-5-11-19)13-20-17(21)16-9-8-14-6-3-4-7-15(14)12-16/h3-4,6-7,16H,5,8-13,19H2,1-2H3,(H,20,21). The molecule has 0 bridgehead atoms. The molecular weight excluding hydrogens is 260 g/mol. The van der Waals surface area contributed by atoms with Gasteiger partial charge in [0.25, 0.3) is 0 Å². The molecule has 0 heterocycles. The third-order valence-corrected chi connectivity index (χ3v) is 4.52. The van der Waals surface area contributed by atoms with Crippen molar-refractivity contribution >= 4 is 5.91 Å². The summed E-state index contributed by atoms with van der Waals surface area (Å²) in [5.74, 6) is 0.343. The predicted octanol–water partition coefficient (Wildman–Crippen LogP) is 2.67. The number of nitrogens with two attached hydrogens (primary N) is 1. The predicted molar refractivity (Wildman–Crippen MR) is 87.0 cm³/mol. The number of rotatable bonds is 6. The van der Waals surface area contributed by atoms with Crippen LogP contribution in [0.5, 0.6) is 0 Å². The third kappa shape index (κ3) is 4.57. The van der Waals surface area contributed by atoms with Crippen LogP contribution in [0.25, 0.3) is 0 Å². The molecule has 1 atom stereocenters. The molecule has 21 heavy (non-hydrogen) atoms. The van der Waals surface area contributed by atoms with Gasteiger partial charge in [-0.15, -0.1) is 0 Å². The quantitative estimate of drug-likeness (QED) is 0.845. The van der Waals surface area contributed by atoms with E-state index in [4.69, 9.17) is 5.73 Å². The Morgan fingerprint density at radius 2 is 2.05 bits per heavy atom. The Morgan fingerprint density at radius 3 is 2.76 bits per heavy atom. The molecule has 3 heteroatoms. The van der Waals surface area contributed by atoms with Crippen molar-refractivity contribution in [3.8, 4) is 0 Å². The maximum atomic E-state index is 12.4. The lowest BCUT2D eigenvalue weighted by atomic mass is 9.83. The maximum absolute atomic E-state index is 12.4. The van der Waals surface area contributed by atoms with E-state index in [2.05, 4.69) is 43.4 Å². The number of benzene rings is 1. The lowest BCUT2D eigenvalue weighted by Gasteiger charge is -2.28. The number of amides is 1. The van der Waals surface area contributed by atoms with Crippen LogP contribution in [0, 0.1) is 11.3 Å². The molecule has 3 N–H and O–H groups in total. The summed E-state index contributed by atoms with van der Waals surface area (Å²) >= 11 is 0. The molecule has 0 aliphatic heterocycles. The molecule has 1 aliphatic carbocycles. The lowest BCUT2D eigenvalue weighted by molar-refractivity contribution is -0.125. The Balaban J connectivity index is 1.85. The SMILES string of the molecule is CC(C)(CCCN)CNC(=O)C1CCc2ccccc2C1. The fourth-order valence-electron chi connectivity index (χ4n) is 3.06. The number of hydrogen-bond acceptors (Lipinski definition) is 2. The Kier molecular flexibility index (Phi) is 5.40. The van der Waals surface area contributed by atoms with Crippen LogP contribution in [0.3, 0.4) is 0 Å². The minimum absolute atomic E-state index is 0.127. The smallest absolute Gasteiger partial charge is 0.223 e. The molecule has 1 aliphatic rings. The van der Waals surface area contributed by atoms with Gasteiger partial charge < -0.3 is 11.1 Å². The molecule has 2 rings (SSSR count). The van der Waals surface area contributed by atoms with Gasteiger partial charge in [-0.25, -0.2) is 0 Å². The second-order valence-corrected chi connectivity index (χ2v) is 6.98. The molecule has 3 nitrogen and oxygen atoms in total. The highest BCUT2D eigenvalue weighted by Crippen LogP contribution is 2.26. The van der Waals surface area contributed by atoms with Gasteiger partial charge in [0.2, 0.25) is 5.91 Å². The largest absolute Gasteiger partial charge is 0.355 e.